The molecule has 0 bridgehead atoms. The first-order valence-corrected chi connectivity index (χ1v) is 7.03. The van der Waals surface area contributed by atoms with Crippen molar-refractivity contribution in [2.75, 3.05) is 6.61 Å². The molecule has 1 nitrogen and oxygen atoms in total. The van der Waals surface area contributed by atoms with Crippen molar-refractivity contribution < 1.29 is 3.07 Å². The van der Waals surface area contributed by atoms with Crippen LogP contribution in [-0.2, 0) is 3.07 Å². The van der Waals surface area contributed by atoms with E-state index in [1.807, 2.05) is 23.0 Å². The lowest BCUT2D eigenvalue weighted by atomic mass is 10.1. The summed E-state index contributed by atoms with van der Waals surface area (Å²) < 4.78 is 4.98. The van der Waals surface area contributed by atoms with Gasteiger partial charge in [0.2, 0.25) is 0 Å². The molecule has 14 heavy (non-hydrogen) atoms. The van der Waals surface area contributed by atoms with E-state index in [0.29, 0.717) is 0 Å². The van der Waals surface area contributed by atoms with Crippen molar-refractivity contribution in [1.29, 1.82) is 0 Å². The maximum absolute atomic E-state index is 4.98. The first-order valence-electron chi connectivity index (χ1n) is 6.15. The Balaban J connectivity index is 2.78. The average Bonchev–Trinajstić information content (AvgIpc) is 2.21. The van der Waals surface area contributed by atoms with Gasteiger partial charge < -0.3 is 3.07 Å². The van der Waals surface area contributed by atoms with Crippen molar-refractivity contribution >= 4 is 23.0 Å². The third-order valence-corrected chi connectivity index (χ3v) is 3.02. The van der Waals surface area contributed by atoms with Crippen LogP contribution in [0.25, 0.3) is 0 Å². The molecule has 0 aliphatic rings. The summed E-state index contributed by atoms with van der Waals surface area (Å²) in [7, 11) is 0. The fourth-order valence-corrected chi connectivity index (χ4v) is 1.96. The fraction of sp³-hybridized carbons (Fsp3) is 1.00. The SMILES string of the molecule is CCCCCCCCCCCCOI. The molecule has 0 atom stereocenters. The zero-order valence-corrected chi connectivity index (χ0v) is 11.7. The van der Waals surface area contributed by atoms with Crippen LogP contribution in [-0.4, -0.2) is 6.61 Å². The van der Waals surface area contributed by atoms with Gasteiger partial charge in [-0.3, -0.25) is 0 Å². The second-order valence-electron chi connectivity index (χ2n) is 4.00. The molecule has 0 aromatic rings. The maximum Gasteiger partial charge on any atom is 0.109 e. The lowest BCUT2D eigenvalue weighted by Gasteiger charge is -2.01. The van der Waals surface area contributed by atoms with Crippen LogP contribution < -0.4 is 0 Å². The van der Waals surface area contributed by atoms with Gasteiger partial charge in [-0.2, -0.15) is 0 Å². The van der Waals surface area contributed by atoms with Gasteiger partial charge in [0, 0.05) is 0 Å². The highest BCUT2D eigenvalue weighted by atomic mass is 127. The van der Waals surface area contributed by atoms with Crippen LogP contribution >= 0.6 is 23.0 Å². The topological polar surface area (TPSA) is 9.23 Å². The van der Waals surface area contributed by atoms with Crippen LogP contribution in [0.3, 0.4) is 0 Å². The first kappa shape index (κ1) is 14.7. The Morgan fingerprint density at radius 2 is 1.14 bits per heavy atom. The fourth-order valence-electron chi connectivity index (χ4n) is 1.64. The van der Waals surface area contributed by atoms with E-state index >= 15 is 0 Å². The number of hydrogen-bond acceptors (Lipinski definition) is 1. The Morgan fingerprint density at radius 1 is 0.714 bits per heavy atom. The predicted octanol–water partition coefficient (Wildman–Crippen LogP) is 5.27. The van der Waals surface area contributed by atoms with Crippen molar-refractivity contribution in [2.24, 2.45) is 0 Å². The summed E-state index contributed by atoms with van der Waals surface area (Å²) in [5, 5.41) is 0. The molecule has 0 rings (SSSR count). The number of hydrogen-bond donors (Lipinski definition) is 0. The predicted molar refractivity (Wildman–Crippen MR) is 71.8 cm³/mol. The lowest BCUT2D eigenvalue weighted by Crippen LogP contribution is -1.85. The van der Waals surface area contributed by atoms with Gasteiger partial charge in [-0.05, 0) is 6.42 Å². The summed E-state index contributed by atoms with van der Waals surface area (Å²) in [6.45, 7) is 3.20. The molecule has 0 fully saturated rings. The Labute approximate surface area is 104 Å². The highest BCUT2D eigenvalue weighted by molar-refractivity contribution is 14.1. The highest BCUT2D eigenvalue weighted by Crippen LogP contribution is 2.10. The first-order chi connectivity index (χ1) is 6.91. The van der Waals surface area contributed by atoms with E-state index in [0.717, 1.165) is 6.61 Å². The van der Waals surface area contributed by atoms with E-state index < -0.39 is 0 Å². The lowest BCUT2D eigenvalue weighted by molar-refractivity contribution is 0.399. The number of halogens is 1. The second-order valence-corrected chi connectivity index (χ2v) is 4.62. The summed E-state index contributed by atoms with van der Waals surface area (Å²) in [5.41, 5.74) is 0. The summed E-state index contributed by atoms with van der Waals surface area (Å²) in [6, 6.07) is 0. The number of rotatable bonds is 11. The molecule has 0 unspecified atom stereocenters. The van der Waals surface area contributed by atoms with E-state index in [9.17, 15) is 0 Å². The smallest absolute Gasteiger partial charge is 0.109 e. The van der Waals surface area contributed by atoms with Crippen LogP contribution in [0.5, 0.6) is 0 Å². The molecule has 0 radical (unpaired) electrons. The molecule has 2 heteroatoms. The van der Waals surface area contributed by atoms with Gasteiger partial charge in [-0.15, -0.1) is 0 Å². The molecule has 0 aromatic heterocycles. The van der Waals surface area contributed by atoms with Gasteiger partial charge in [0.25, 0.3) is 0 Å². The third kappa shape index (κ3) is 12.7. The monoisotopic (exact) mass is 312 g/mol. The molecule has 0 aromatic carbocycles. The summed E-state index contributed by atoms with van der Waals surface area (Å²) >= 11 is 1.97. The summed E-state index contributed by atoms with van der Waals surface area (Å²) in [6.07, 6.45) is 14.0. The van der Waals surface area contributed by atoms with E-state index in [1.54, 1.807) is 0 Å². The average molecular weight is 312 g/mol. The second kappa shape index (κ2) is 13.7. The zero-order valence-electron chi connectivity index (χ0n) is 9.56. The quantitative estimate of drug-likeness (QED) is 0.373. The molecule has 0 N–H and O–H groups in total. The van der Waals surface area contributed by atoms with Crippen LogP contribution in [0.15, 0.2) is 0 Å². The summed E-state index contributed by atoms with van der Waals surface area (Å²) in [4.78, 5) is 0. The van der Waals surface area contributed by atoms with Gasteiger partial charge in [-0.25, -0.2) is 0 Å². The molecular formula is C12H25IO. The Hall–Kier alpha value is 0.690. The zero-order chi connectivity index (χ0) is 10.5. The largest absolute Gasteiger partial charge is 0.316 e. The molecule has 0 amide bonds. The molecule has 0 heterocycles. The molecule has 0 aliphatic heterocycles. The van der Waals surface area contributed by atoms with E-state index in [1.165, 1.54) is 64.2 Å². The molecule has 0 saturated heterocycles. The van der Waals surface area contributed by atoms with Crippen molar-refractivity contribution in [3.05, 3.63) is 0 Å². The Kier molecular flexibility index (Phi) is 14.4. The van der Waals surface area contributed by atoms with Crippen molar-refractivity contribution in [2.45, 2.75) is 71.1 Å². The molecule has 0 aliphatic carbocycles. The third-order valence-electron chi connectivity index (χ3n) is 2.58. The van der Waals surface area contributed by atoms with Crippen LogP contribution in [0.4, 0.5) is 0 Å². The van der Waals surface area contributed by atoms with Crippen molar-refractivity contribution in [3.8, 4) is 0 Å². The van der Waals surface area contributed by atoms with Gasteiger partial charge in [0.05, 0.1) is 6.61 Å². The molecule has 0 saturated carbocycles. The Morgan fingerprint density at radius 3 is 1.57 bits per heavy atom. The molecular weight excluding hydrogens is 287 g/mol. The normalized spacial score (nSPS) is 10.7. The van der Waals surface area contributed by atoms with E-state index in [2.05, 4.69) is 6.92 Å². The molecule has 0 spiro atoms. The standard InChI is InChI=1S/C12H25IO/c1-2-3-4-5-6-7-8-9-10-11-12-14-13/h2-12H2,1H3. The van der Waals surface area contributed by atoms with Crippen molar-refractivity contribution in [1.82, 2.24) is 0 Å². The van der Waals surface area contributed by atoms with Crippen LogP contribution in [0, 0.1) is 0 Å². The van der Waals surface area contributed by atoms with E-state index in [-0.39, 0.29) is 0 Å². The summed E-state index contributed by atoms with van der Waals surface area (Å²) in [5.74, 6) is 0. The van der Waals surface area contributed by atoms with Gasteiger partial charge in [0.1, 0.15) is 23.0 Å². The number of unbranched alkanes of at least 4 members (excludes halogenated alkanes) is 9. The highest BCUT2D eigenvalue weighted by Gasteiger charge is 1.92. The van der Waals surface area contributed by atoms with E-state index in [4.69, 9.17) is 3.07 Å². The minimum atomic E-state index is 0.928. The molecule has 86 valence electrons. The minimum Gasteiger partial charge on any atom is -0.316 e. The minimum absolute atomic E-state index is 0.928. The van der Waals surface area contributed by atoms with Gasteiger partial charge >= 0.3 is 0 Å². The van der Waals surface area contributed by atoms with Crippen LogP contribution in [0.1, 0.15) is 71.1 Å². The Bertz CT molecular complexity index is 84.3. The van der Waals surface area contributed by atoms with Gasteiger partial charge in [0.15, 0.2) is 0 Å². The van der Waals surface area contributed by atoms with Crippen molar-refractivity contribution in [3.63, 3.8) is 0 Å². The van der Waals surface area contributed by atoms with Crippen LogP contribution in [0.2, 0.25) is 0 Å². The maximum atomic E-state index is 4.98. The van der Waals surface area contributed by atoms with Gasteiger partial charge in [-0.1, -0.05) is 64.7 Å².